The van der Waals surface area contributed by atoms with Crippen molar-refractivity contribution >= 4 is 39.1 Å². The fourth-order valence-corrected chi connectivity index (χ4v) is 8.01. The van der Waals surface area contributed by atoms with Crippen LogP contribution in [0.15, 0.2) is 61.2 Å². The predicted molar refractivity (Wildman–Crippen MR) is 156 cm³/mol. The van der Waals surface area contributed by atoms with Gasteiger partial charge in [0.2, 0.25) is 15.9 Å². The molecular weight excluding hydrogens is 539 g/mol. The van der Waals surface area contributed by atoms with Crippen molar-refractivity contribution in [3.8, 4) is 0 Å². The molecule has 0 radical (unpaired) electrons. The smallest absolute Gasteiger partial charge is 0.229 e. The zero-order valence-electron chi connectivity index (χ0n) is 22.6. The maximum Gasteiger partial charge on any atom is 0.229 e. The van der Waals surface area contributed by atoms with E-state index in [1.165, 1.54) is 7.05 Å². The number of hydrogen-bond donors (Lipinski definition) is 1. The molecule has 0 bridgehead atoms. The van der Waals surface area contributed by atoms with Crippen molar-refractivity contribution in [2.75, 3.05) is 7.05 Å². The first-order valence-electron chi connectivity index (χ1n) is 13.3. The van der Waals surface area contributed by atoms with Gasteiger partial charge in [-0.25, -0.2) is 13.1 Å². The summed E-state index contributed by atoms with van der Waals surface area (Å²) in [6, 6.07) is 14.9. The molecule has 4 atom stereocenters. The van der Waals surface area contributed by atoms with E-state index in [9.17, 15) is 13.2 Å². The molecule has 1 N–H and O–H groups in total. The van der Waals surface area contributed by atoms with E-state index < -0.39 is 20.2 Å². The second kappa shape index (κ2) is 11.0. The van der Waals surface area contributed by atoms with Crippen LogP contribution in [0, 0.1) is 11.3 Å². The largest absolute Gasteiger partial charge is 0.331 e. The summed E-state index contributed by atoms with van der Waals surface area (Å²) < 4.78 is 27.9. The maximum atomic E-state index is 14.6. The van der Waals surface area contributed by atoms with E-state index >= 15 is 0 Å². The lowest BCUT2D eigenvalue weighted by molar-refractivity contribution is -0.156. The molecule has 0 unspecified atom stereocenters. The Kier molecular flexibility index (Phi) is 8.40. The van der Waals surface area contributed by atoms with Crippen LogP contribution in [0.1, 0.15) is 76.0 Å². The molecule has 2 aliphatic rings. The fourth-order valence-electron chi connectivity index (χ4n) is 6.23. The Bertz CT molecular complexity index is 1290. The molecular formula is C30H38Cl2N2O3S. The molecule has 1 aliphatic carbocycles. The number of nitrogens with one attached hydrogen (secondary N) is 1. The van der Waals surface area contributed by atoms with Crippen LogP contribution < -0.4 is 4.72 Å². The Labute approximate surface area is 237 Å². The summed E-state index contributed by atoms with van der Waals surface area (Å²) in [5.41, 5.74) is 1.33. The van der Waals surface area contributed by atoms with Gasteiger partial charge in [0.25, 0.3) is 0 Å². The Morgan fingerprint density at radius 1 is 1.11 bits per heavy atom. The summed E-state index contributed by atoms with van der Waals surface area (Å²) in [5.74, 6) is 0.00573. The number of amides is 1. The number of likely N-dealkylation sites (tertiary alicyclic amines) is 1. The quantitative estimate of drug-likeness (QED) is 0.306. The van der Waals surface area contributed by atoms with Crippen molar-refractivity contribution in [1.82, 2.24) is 9.62 Å². The maximum absolute atomic E-state index is 14.6. The van der Waals surface area contributed by atoms with Gasteiger partial charge < -0.3 is 4.90 Å². The molecule has 1 aliphatic heterocycles. The van der Waals surface area contributed by atoms with Crippen LogP contribution in [0.3, 0.4) is 0 Å². The van der Waals surface area contributed by atoms with Crippen LogP contribution in [0.4, 0.5) is 0 Å². The molecule has 8 heteroatoms. The standard InChI is InChI=1S/C30H38Cl2N2O3S/c1-6-14-29(4)18-25(22-8-7-9-24(32)17-22)27(21-10-12-23(31)13-11-21)34(28(29)35)26(20(2)3)19-30(15-16-30)38(36,37)33-5/h6-13,17,20,25-27,33H,1,14-16,18-19H2,2-5H3/t25-,26+,27-,29+/m1/s1. The molecule has 2 aromatic rings. The van der Waals surface area contributed by atoms with Crippen molar-refractivity contribution in [2.24, 2.45) is 11.3 Å². The van der Waals surface area contributed by atoms with Crippen molar-refractivity contribution < 1.29 is 13.2 Å². The highest BCUT2D eigenvalue weighted by Gasteiger charge is 2.58. The van der Waals surface area contributed by atoms with E-state index in [1.807, 2.05) is 60.4 Å². The lowest BCUT2D eigenvalue weighted by Gasteiger charge is -2.53. The van der Waals surface area contributed by atoms with Crippen molar-refractivity contribution in [3.05, 3.63) is 82.4 Å². The number of allylic oxidation sites excluding steroid dienone is 1. The Morgan fingerprint density at radius 2 is 1.76 bits per heavy atom. The number of piperidine rings is 1. The molecule has 1 amide bonds. The lowest BCUT2D eigenvalue weighted by atomic mass is 9.66. The highest BCUT2D eigenvalue weighted by Crippen LogP contribution is 2.55. The highest BCUT2D eigenvalue weighted by atomic mass is 35.5. The SMILES string of the molecule is C=CC[C@@]1(C)C[C@H](c2cccc(Cl)c2)[C@@H](c2ccc(Cl)cc2)N([C@@H](CC2(S(=O)(=O)NC)CC2)C(C)C)C1=O. The lowest BCUT2D eigenvalue weighted by Crippen LogP contribution is -2.58. The zero-order valence-corrected chi connectivity index (χ0v) is 24.9. The number of carbonyl (C=O) groups excluding carboxylic acids is 1. The molecule has 1 saturated carbocycles. The Morgan fingerprint density at radius 3 is 2.29 bits per heavy atom. The third kappa shape index (κ3) is 5.42. The van der Waals surface area contributed by atoms with Gasteiger partial charge in [0.1, 0.15) is 0 Å². The van der Waals surface area contributed by atoms with E-state index in [-0.39, 0.29) is 29.8 Å². The second-order valence-electron chi connectivity index (χ2n) is 11.5. The number of sulfonamides is 1. The van der Waals surface area contributed by atoms with Gasteiger partial charge in [-0.2, -0.15) is 0 Å². The number of hydrogen-bond acceptors (Lipinski definition) is 3. The Balaban J connectivity index is 1.92. The molecule has 206 valence electrons. The molecule has 1 heterocycles. The molecule has 5 nitrogen and oxygen atoms in total. The first-order chi connectivity index (χ1) is 17.9. The van der Waals surface area contributed by atoms with E-state index in [4.69, 9.17) is 23.2 Å². The van der Waals surface area contributed by atoms with E-state index in [2.05, 4.69) is 31.2 Å². The minimum atomic E-state index is -3.51. The average Bonchev–Trinajstić information content (AvgIpc) is 3.66. The molecule has 2 aromatic carbocycles. The normalized spacial score (nSPS) is 25.9. The third-order valence-corrected chi connectivity index (χ3v) is 11.3. The van der Waals surface area contributed by atoms with Crippen LogP contribution in [0.25, 0.3) is 0 Å². The van der Waals surface area contributed by atoms with Crippen LogP contribution >= 0.6 is 23.2 Å². The van der Waals surface area contributed by atoms with Gasteiger partial charge in [-0.15, -0.1) is 6.58 Å². The molecule has 38 heavy (non-hydrogen) atoms. The minimum Gasteiger partial charge on any atom is -0.331 e. The summed E-state index contributed by atoms with van der Waals surface area (Å²) >= 11 is 12.7. The van der Waals surface area contributed by atoms with Gasteiger partial charge in [-0.05, 0) is 80.5 Å². The molecule has 0 aromatic heterocycles. The monoisotopic (exact) mass is 576 g/mol. The van der Waals surface area contributed by atoms with Gasteiger partial charge in [0, 0.05) is 22.0 Å². The first kappa shape index (κ1) is 29.1. The Hall–Kier alpha value is -1.86. The summed E-state index contributed by atoms with van der Waals surface area (Å²) in [7, 11) is -2.04. The zero-order chi connectivity index (χ0) is 27.9. The minimum absolute atomic E-state index is 0.0318. The van der Waals surface area contributed by atoms with Gasteiger partial charge in [-0.3, -0.25) is 4.79 Å². The number of nitrogens with zero attached hydrogens (tertiary/aromatic N) is 1. The average molecular weight is 578 g/mol. The van der Waals surface area contributed by atoms with Gasteiger partial charge in [0.05, 0.1) is 16.2 Å². The summed E-state index contributed by atoms with van der Waals surface area (Å²) in [6.45, 7) is 10.1. The number of halogens is 2. The van der Waals surface area contributed by atoms with Crippen molar-refractivity contribution in [1.29, 1.82) is 0 Å². The van der Waals surface area contributed by atoms with Gasteiger partial charge in [-0.1, -0.05) is 74.3 Å². The highest BCUT2D eigenvalue weighted by molar-refractivity contribution is 7.91. The molecule has 1 saturated heterocycles. The molecule has 4 rings (SSSR count). The fraction of sp³-hybridized carbons (Fsp3) is 0.500. The van der Waals surface area contributed by atoms with Crippen LogP contribution in [-0.2, 0) is 14.8 Å². The predicted octanol–water partition coefficient (Wildman–Crippen LogP) is 7.13. The van der Waals surface area contributed by atoms with Crippen LogP contribution in [0.5, 0.6) is 0 Å². The first-order valence-corrected chi connectivity index (χ1v) is 15.5. The third-order valence-electron chi connectivity index (χ3n) is 8.54. The summed E-state index contributed by atoms with van der Waals surface area (Å²) in [6.07, 6.45) is 4.52. The summed E-state index contributed by atoms with van der Waals surface area (Å²) in [4.78, 5) is 16.6. The van der Waals surface area contributed by atoms with Crippen molar-refractivity contribution in [2.45, 2.75) is 75.6 Å². The van der Waals surface area contributed by atoms with Crippen molar-refractivity contribution in [3.63, 3.8) is 0 Å². The van der Waals surface area contributed by atoms with E-state index in [1.54, 1.807) is 0 Å². The number of rotatable bonds is 10. The number of carbonyl (C=O) groups is 1. The van der Waals surface area contributed by atoms with E-state index in [0.717, 1.165) is 11.1 Å². The van der Waals surface area contributed by atoms with E-state index in [0.29, 0.717) is 42.1 Å². The topological polar surface area (TPSA) is 66.5 Å². The second-order valence-corrected chi connectivity index (χ2v) is 14.7. The molecule has 2 fully saturated rings. The molecule has 0 spiro atoms. The van der Waals surface area contributed by atoms with Crippen LogP contribution in [0.2, 0.25) is 10.0 Å². The number of benzene rings is 2. The summed E-state index contributed by atoms with van der Waals surface area (Å²) in [5, 5.41) is 1.26. The van der Waals surface area contributed by atoms with Crippen LogP contribution in [-0.4, -0.2) is 37.1 Å². The van der Waals surface area contributed by atoms with Gasteiger partial charge >= 0.3 is 0 Å². The van der Waals surface area contributed by atoms with Gasteiger partial charge in [0.15, 0.2) is 0 Å².